The van der Waals surface area contributed by atoms with E-state index < -0.39 is 0 Å². The Morgan fingerprint density at radius 1 is 1.19 bits per heavy atom. The van der Waals surface area contributed by atoms with Gasteiger partial charge in [0.1, 0.15) is 16.5 Å². The molecule has 1 aliphatic carbocycles. The van der Waals surface area contributed by atoms with E-state index in [9.17, 15) is 4.79 Å². The number of ether oxygens (including phenoxy) is 1. The van der Waals surface area contributed by atoms with Crippen molar-refractivity contribution >= 4 is 17.2 Å². The van der Waals surface area contributed by atoms with Crippen molar-refractivity contribution in [3.05, 3.63) is 35.3 Å². The number of nitrogens with zero attached hydrogens (tertiary/aromatic N) is 3. The van der Waals surface area contributed by atoms with Gasteiger partial charge in [0.2, 0.25) is 0 Å². The minimum absolute atomic E-state index is 0.0597. The van der Waals surface area contributed by atoms with Gasteiger partial charge in [0.15, 0.2) is 0 Å². The first-order valence-corrected chi connectivity index (χ1v) is 10.3. The summed E-state index contributed by atoms with van der Waals surface area (Å²) in [6.07, 6.45) is 2.76. The average Bonchev–Trinajstić information content (AvgIpc) is 3.35. The number of hydrogen-bond donors (Lipinski definition) is 0. The standard InChI is InChI=1S/C20H25N3O2S/c1-2-25-17-7-5-16(6-8-17)19-21-18(14-26-19)20(24)23-11-9-22(10-12-23)13-15-3-4-15/h5-8,14-15H,2-4,9-13H2,1H3. The number of amides is 1. The molecule has 0 atom stereocenters. The Morgan fingerprint density at radius 3 is 2.58 bits per heavy atom. The van der Waals surface area contributed by atoms with E-state index >= 15 is 0 Å². The molecule has 1 amide bonds. The molecule has 0 spiro atoms. The maximum atomic E-state index is 12.8. The predicted molar refractivity (Wildman–Crippen MR) is 104 cm³/mol. The summed E-state index contributed by atoms with van der Waals surface area (Å²) >= 11 is 1.52. The average molecular weight is 372 g/mol. The highest BCUT2D eigenvalue weighted by molar-refractivity contribution is 7.13. The van der Waals surface area contributed by atoms with Crippen molar-refractivity contribution in [2.45, 2.75) is 19.8 Å². The highest BCUT2D eigenvalue weighted by Crippen LogP contribution is 2.30. The van der Waals surface area contributed by atoms with E-state index in [1.54, 1.807) is 0 Å². The first-order valence-electron chi connectivity index (χ1n) is 9.43. The normalized spacial score (nSPS) is 18.1. The number of aromatic nitrogens is 1. The van der Waals surface area contributed by atoms with Crippen LogP contribution in [0.1, 0.15) is 30.3 Å². The monoisotopic (exact) mass is 371 g/mol. The van der Waals surface area contributed by atoms with Crippen LogP contribution in [-0.4, -0.2) is 60.0 Å². The second-order valence-corrected chi connectivity index (χ2v) is 7.89. The van der Waals surface area contributed by atoms with Gasteiger partial charge in [-0.25, -0.2) is 4.98 Å². The second-order valence-electron chi connectivity index (χ2n) is 7.03. The molecular weight excluding hydrogens is 346 g/mol. The van der Waals surface area contributed by atoms with Gasteiger partial charge in [-0.05, 0) is 49.9 Å². The Bertz CT molecular complexity index is 747. The number of hydrogen-bond acceptors (Lipinski definition) is 5. The lowest BCUT2D eigenvalue weighted by Gasteiger charge is -2.34. The molecule has 0 unspecified atom stereocenters. The van der Waals surface area contributed by atoms with E-state index in [4.69, 9.17) is 4.74 Å². The maximum Gasteiger partial charge on any atom is 0.273 e. The highest BCUT2D eigenvalue weighted by atomic mass is 32.1. The van der Waals surface area contributed by atoms with Crippen molar-refractivity contribution < 1.29 is 9.53 Å². The SMILES string of the molecule is CCOc1ccc(-c2nc(C(=O)N3CCN(CC4CC4)CC3)cs2)cc1. The summed E-state index contributed by atoms with van der Waals surface area (Å²) < 4.78 is 5.47. The number of thiazole rings is 1. The van der Waals surface area contributed by atoms with Crippen molar-refractivity contribution in [3.8, 4) is 16.3 Å². The Morgan fingerprint density at radius 2 is 1.92 bits per heavy atom. The molecule has 26 heavy (non-hydrogen) atoms. The maximum absolute atomic E-state index is 12.8. The van der Waals surface area contributed by atoms with Gasteiger partial charge in [0.25, 0.3) is 5.91 Å². The van der Waals surface area contributed by atoms with Crippen LogP contribution in [0.3, 0.4) is 0 Å². The third kappa shape index (κ3) is 4.07. The van der Waals surface area contributed by atoms with Crippen LogP contribution in [0, 0.1) is 5.92 Å². The Balaban J connectivity index is 1.37. The van der Waals surface area contributed by atoms with Gasteiger partial charge < -0.3 is 9.64 Å². The minimum Gasteiger partial charge on any atom is -0.494 e. The predicted octanol–water partition coefficient (Wildman–Crippen LogP) is 3.38. The van der Waals surface area contributed by atoms with E-state index in [-0.39, 0.29) is 5.91 Å². The number of benzene rings is 1. The quantitative estimate of drug-likeness (QED) is 0.781. The zero-order chi connectivity index (χ0) is 17.9. The Kier molecular flexibility index (Phi) is 5.22. The van der Waals surface area contributed by atoms with Gasteiger partial charge >= 0.3 is 0 Å². The lowest BCUT2D eigenvalue weighted by Crippen LogP contribution is -2.49. The Hall–Kier alpha value is -1.92. The van der Waals surface area contributed by atoms with Crippen molar-refractivity contribution in [2.24, 2.45) is 5.92 Å². The van der Waals surface area contributed by atoms with Crippen molar-refractivity contribution in [3.63, 3.8) is 0 Å². The van der Waals surface area contributed by atoms with E-state index in [0.717, 1.165) is 48.4 Å². The van der Waals surface area contributed by atoms with Gasteiger partial charge in [0, 0.05) is 43.7 Å². The van der Waals surface area contributed by atoms with E-state index in [2.05, 4.69) is 9.88 Å². The highest BCUT2D eigenvalue weighted by Gasteiger charge is 2.28. The third-order valence-corrected chi connectivity index (χ3v) is 5.90. The van der Waals surface area contributed by atoms with Gasteiger partial charge in [-0.15, -0.1) is 11.3 Å². The fraction of sp³-hybridized carbons (Fsp3) is 0.500. The van der Waals surface area contributed by atoms with E-state index in [1.807, 2.05) is 41.5 Å². The molecule has 2 fully saturated rings. The smallest absolute Gasteiger partial charge is 0.273 e. The van der Waals surface area contributed by atoms with E-state index in [1.165, 1.54) is 30.7 Å². The summed E-state index contributed by atoms with van der Waals surface area (Å²) in [5, 5.41) is 2.76. The van der Waals surface area contributed by atoms with Crippen LogP contribution in [0.5, 0.6) is 5.75 Å². The van der Waals surface area contributed by atoms with Crippen LogP contribution in [0.4, 0.5) is 0 Å². The summed E-state index contributed by atoms with van der Waals surface area (Å²) in [5.41, 5.74) is 1.58. The molecule has 1 aliphatic heterocycles. The molecule has 0 bridgehead atoms. The fourth-order valence-corrected chi connectivity index (χ4v) is 4.13. The molecule has 1 saturated carbocycles. The molecular formula is C20H25N3O2S. The van der Waals surface area contributed by atoms with Crippen LogP contribution in [0.15, 0.2) is 29.6 Å². The number of rotatable bonds is 6. The minimum atomic E-state index is 0.0597. The molecule has 2 aliphatic rings. The van der Waals surface area contributed by atoms with Gasteiger partial charge in [0.05, 0.1) is 6.61 Å². The second kappa shape index (κ2) is 7.76. The molecule has 1 aromatic heterocycles. The zero-order valence-corrected chi connectivity index (χ0v) is 16.0. The number of carbonyl (C=O) groups is 1. The summed E-state index contributed by atoms with van der Waals surface area (Å²) in [6, 6.07) is 7.88. The van der Waals surface area contributed by atoms with E-state index in [0.29, 0.717) is 12.3 Å². The third-order valence-electron chi connectivity index (χ3n) is 5.01. The first-order chi connectivity index (χ1) is 12.7. The topological polar surface area (TPSA) is 45.7 Å². The van der Waals surface area contributed by atoms with Crippen LogP contribution in [0.25, 0.3) is 10.6 Å². The fourth-order valence-electron chi connectivity index (χ4n) is 3.33. The number of carbonyl (C=O) groups excluding carboxylic acids is 1. The van der Waals surface area contributed by atoms with Crippen LogP contribution in [0.2, 0.25) is 0 Å². The van der Waals surface area contributed by atoms with Crippen molar-refractivity contribution in [2.75, 3.05) is 39.3 Å². The van der Waals surface area contributed by atoms with Crippen LogP contribution in [-0.2, 0) is 0 Å². The molecule has 1 aromatic carbocycles. The van der Waals surface area contributed by atoms with Crippen LogP contribution >= 0.6 is 11.3 Å². The lowest BCUT2D eigenvalue weighted by molar-refractivity contribution is 0.0627. The Labute approximate surface area is 158 Å². The number of piperazine rings is 1. The summed E-state index contributed by atoms with van der Waals surface area (Å²) in [5.74, 6) is 1.82. The molecule has 0 radical (unpaired) electrons. The van der Waals surface area contributed by atoms with Gasteiger partial charge in [-0.2, -0.15) is 0 Å². The largest absolute Gasteiger partial charge is 0.494 e. The van der Waals surface area contributed by atoms with Crippen LogP contribution < -0.4 is 4.74 Å². The van der Waals surface area contributed by atoms with Gasteiger partial charge in [-0.3, -0.25) is 9.69 Å². The molecule has 1 saturated heterocycles. The molecule has 2 heterocycles. The molecule has 6 heteroatoms. The first kappa shape index (κ1) is 17.5. The lowest BCUT2D eigenvalue weighted by atomic mass is 10.2. The van der Waals surface area contributed by atoms with Gasteiger partial charge in [-0.1, -0.05) is 0 Å². The summed E-state index contributed by atoms with van der Waals surface area (Å²) in [7, 11) is 0. The van der Waals surface area contributed by atoms with Crippen molar-refractivity contribution in [1.82, 2.24) is 14.8 Å². The molecule has 0 N–H and O–H groups in total. The molecule has 5 nitrogen and oxygen atoms in total. The molecule has 4 rings (SSSR count). The zero-order valence-electron chi connectivity index (χ0n) is 15.2. The van der Waals surface area contributed by atoms with Crippen molar-refractivity contribution in [1.29, 1.82) is 0 Å². The summed E-state index contributed by atoms with van der Waals surface area (Å²) in [6.45, 7) is 7.42. The molecule has 138 valence electrons. The summed E-state index contributed by atoms with van der Waals surface area (Å²) in [4.78, 5) is 21.8. The molecule has 2 aromatic rings.